The molecule has 0 saturated heterocycles. The quantitative estimate of drug-likeness (QED) is 0.723. The molecule has 0 bridgehead atoms. The van der Waals surface area contributed by atoms with Crippen LogP contribution in [0.3, 0.4) is 0 Å². The molecule has 23 heavy (non-hydrogen) atoms. The average molecular weight is 335 g/mol. The number of benzene rings is 1. The Bertz CT molecular complexity index is 634. The maximum absolute atomic E-state index is 12.0. The summed E-state index contributed by atoms with van der Waals surface area (Å²) in [6.07, 6.45) is 3.71. The molecule has 0 aliphatic rings. The molecule has 0 radical (unpaired) electrons. The van der Waals surface area contributed by atoms with Gasteiger partial charge in [0.15, 0.2) is 0 Å². The third kappa shape index (κ3) is 5.84. The van der Waals surface area contributed by atoms with Gasteiger partial charge in [0.2, 0.25) is 5.95 Å². The highest BCUT2D eigenvalue weighted by Gasteiger charge is 2.06. The van der Waals surface area contributed by atoms with E-state index in [1.54, 1.807) is 7.11 Å². The van der Waals surface area contributed by atoms with Gasteiger partial charge in [-0.05, 0) is 24.1 Å². The molecule has 0 aliphatic heterocycles. The number of ether oxygens (including phenoxy) is 1. The van der Waals surface area contributed by atoms with Crippen molar-refractivity contribution >= 4 is 23.5 Å². The molecule has 0 fully saturated rings. The lowest BCUT2D eigenvalue weighted by Crippen LogP contribution is -2.26. The Balaban J connectivity index is 1.79. The molecule has 0 atom stereocenters. The van der Waals surface area contributed by atoms with E-state index in [1.807, 2.05) is 24.3 Å². The van der Waals surface area contributed by atoms with E-state index in [0.29, 0.717) is 42.7 Å². The molecule has 0 unspecified atom stereocenters. The van der Waals surface area contributed by atoms with E-state index in [0.717, 1.165) is 5.56 Å². The number of nitrogens with one attached hydrogen (secondary N) is 2. The minimum Gasteiger partial charge on any atom is -0.383 e. The van der Waals surface area contributed by atoms with Gasteiger partial charge in [-0.1, -0.05) is 23.7 Å². The molecule has 2 rings (SSSR count). The molecule has 2 aromatic rings. The van der Waals surface area contributed by atoms with E-state index >= 15 is 0 Å². The molecule has 122 valence electrons. The van der Waals surface area contributed by atoms with Crippen molar-refractivity contribution in [3.05, 3.63) is 52.8 Å². The largest absolute Gasteiger partial charge is 0.383 e. The van der Waals surface area contributed by atoms with Gasteiger partial charge in [-0.3, -0.25) is 4.79 Å². The fraction of sp³-hybridized carbons (Fsp3) is 0.312. The predicted octanol–water partition coefficient (Wildman–Crippen LogP) is 2.16. The summed E-state index contributed by atoms with van der Waals surface area (Å²) in [6.45, 7) is 1.70. The molecule has 1 amide bonds. The van der Waals surface area contributed by atoms with Crippen LogP contribution in [-0.2, 0) is 11.2 Å². The summed E-state index contributed by atoms with van der Waals surface area (Å²) in [5, 5.41) is 6.52. The first-order valence-electron chi connectivity index (χ1n) is 7.26. The van der Waals surface area contributed by atoms with Gasteiger partial charge < -0.3 is 15.4 Å². The predicted molar refractivity (Wildman–Crippen MR) is 89.9 cm³/mol. The highest BCUT2D eigenvalue weighted by Crippen LogP contribution is 2.10. The molecular formula is C16H19ClN4O2. The Kier molecular flexibility index (Phi) is 6.77. The number of carbonyl (C=O) groups is 1. The number of halogens is 1. The summed E-state index contributed by atoms with van der Waals surface area (Å²) in [5.74, 6) is 0.271. The van der Waals surface area contributed by atoms with E-state index in [2.05, 4.69) is 20.6 Å². The molecule has 0 spiro atoms. The Morgan fingerprint density at radius 1 is 1.26 bits per heavy atom. The summed E-state index contributed by atoms with van der Waals surface area (Å²) in [6, 6.07) is 7.57. The van der Waals surface area contributed by atoms with Gasteiger partial charge in [-0.25, -0.2) is 9.97 Å². The van der Waals surface area contributed by atoms with Crippen LogP contribution in [0.2, 0.25) is 5.02 Å². The van der Waals surface area contributed by atoms with Crippen LogP contribution >= 0.6 is 11.6 Å². The molecule has 1 heterocycles. The first-order valence-corrected chi connectivity index (χ1v) is 7.64. The zero-order chi connectivity index (χ0) is 16.5. The number of nitrogens with zero attached hydrogens (tertiary/aromatic N) is 2. The van der Waals surface area contributed by atoms with Gasteiger partial charge in [0.1, 0.15) is 0 Å². The minimum absolute atomic E-state index is 0.199. The molecule has 7 heteroatoms. The fourth-order valence-corrected chi connectivity index (χ4v) is 2.13. The zero-order valence-corrected chi connectivity index (χ0v) is 13.6. The molecule has 0 saturated carbocycles. The molecular weight excluding hydrogens is 316 g/mol. The van der Waals surface area contributed by atoms with E-state index in [4.69, 9.17) is 16.3 Å². The van der Waals surface area contributed by atoms with E-state index in [9.17, 15) is 4.79 Å². The number of carbonyl (C=O) groups excluding carboxylic acids is 1. The molecule has 0 aliphatic carbocycles. The second kappa shape index (κ2) is 9.07. The normalized spacial score (nSPS) is 10.3. The Labute approximate surface area is 140 Å². The van der Waals surface area contributed by atoms with Gasteiger partial charge in [-0.15, -0.1) is 0 Å². The summed E-state index contributed by atoms with van der Waals surface area (Å²) in [5.41, 5.74) is 1.50. The van der Waals surface area contributed by atoms with E-state index < -0.39 is 0 Å². The molecule has 1 aromatic carbocycles. The van der Waals surface area contributed by atoms with E-state index in [1.165, 1.54) is 12.4 Å². The van der Waals surface area contributed by atoms with Crippen molar-refractivity contribution in [1.29, 1.82) is 0 Å². The van der Waals surface area contributed by atoms with Crippen LogP contribution in [0.1, 0.15) is 15.9 Å². The van der Waals surface area contributed by atoms with Crippen molar-refractivity contribution in [1.82, 2.24) is 15.3 Å². The number of hydrogen-bond acceptors (Lipinski definition) is 5. The van der Waals surface area contributed by atoms with Crippen molar-refractivity contribution in [2.24, 2.45) is 0 Å². The third-order valence-corrected chi connectivity index (χ3v) is 3.33. The highest BCUT2D eigenvalue weighted by atomic mass is 35.5. The number of anilines is 1. The lowest BCUT2D eigenvalue weighted by molar-refractivity contribution is 0.0953. The third-order valence-electron chi connectivity index (χ3n) is 3.09. The monoisotopic (exact) mass is 334 g/mol. The zero-order valence-electron chi connectivity index (χ0n) is 12.9. The standard InChI is InChI=1S/C16H19ClN4O2/c1-23-8-7-19-16-20-10-13(11-21-16)15(22)18-6-5-12-3-2-4-14(17)9-12/h2-4,9-11H,5-8H2,1H3,(H,18,22)(H,19,20,21). The topological polar surface area (TPSA) is 76.1 Å². The summed E-state index contributed by atoms with van der Waals surface area (Å²) < 4.78 is 4.92. The van der Waals surface area contributed by atoms with Gasteiger partial charge in [0.25, 0.3) is 5.91 Å². The van der Waals surface area contributed by atoms with Crippen LogP contribution in [0.5, 0.6) is 0 Å². The highest BCUT2D eigenvalue weighted by molar-refractivity contribution is 6.30. The summed E-state index contributed by atoms with van der Waals surface area (Å²) in [7, 11) is 1.62. The minimum atomic E-state index is -0.199. The van der Waals surface area contributed by atoms with Crippen LogP contribution in [0.4, 0.5) is 5.95 Å². The fourth-order valence-electron chi connectivity index (χ4n) is 1.92. The first kappa shape index (κ1) is 17.2. The number of aromatic nitrogens is 2. The molecule has 6 nitrogen and oxygen atoms in total. The lowest BCUT2D eigenvalue weighted by Gasteiger charge is -2.07. The van der Waals surface area contributed by atoms with Crippen LogP contribution in [-0.4, -0.2) is 42.7 Å². The Morgan fingerprint density at radius 3 is 2.74 bits per heavy atom. The van der Waals surface area contributed by atoms with Crippen molar-refractivity contribution in [3.63, 3.8) is 0 Å². The summed E-state index contributed by atoms with van der Waals surface area (Å²) in [4.78, 5) is 20.2. The second-order valence-electron chi connectivity index (χ2n) is 4.85. The number of methoxy groups -OCH3 is 1. The molecule has 2 N–H and O–H groups in total. The lowest BCUT2D eigenvalue weighted by atomic mass is 10.1. The number of rotatable bonds is 8. The first-order chi connectivity index (χ1) is 11.2. The maximum atomic E-state index is 12.0. The van der Waals surface area contributed by atoms with Crippen molar-refractivity contribution in [2.45, 2.75) is 6.42 Å². The van der Waals surface area contributed by atoms with Gasteiger partial charge in [0, 0.05) is 37.6 Å². The second-order valence-corrected chi connectivity index (χ2v) is 5.29. The Morgan fingerprint density at radius 2 is 2.04 bits per heavy atom. The summed E-state index contributed by atoms with van der Waals surface area (Å²) >= 11 is 5.92. The maximum Gasteiger partial charge on any atom is 0.254 e. The van der Waals surface area contributed by atoms with Crippen LogP contribution < -0.4 is 10.6 Å². The van der Waals surface area contributed by atoms with Crippen LogP contribution in [0.15, 0.2) is 36.7 Å². The molecule has 1 aromatic heterocycles. The van der Waals surface area contributed by atoms with Crippen molar-refractivity contribution < 1.29 is 9.53 Å². The van der Waals surface area contributed by atoms with Crippen molar-refractivity contribution in [3.8, 4) is 0 Å². The average Bonchev–Trinajstić information content (AvgIpc) is 2.56. The number of hydrogen-bond donors (Lipinski definition) is 2. The smallest absolute Gasteiger partial charge is 0.254 e. The van der Waals surface area contributed by atoms with Crippen LogP contribution in [0, 0.1) is 0 Å². The Hall–Kier alpha value is -2.18. The SMILES string of the molecule is COCCNc1ncc(C(=O)NCCc2cccc(Cl)c2)cn1. The van der Waals surface area contributed by atoms with E-state index in [-0.39, 0.29) is 5.91 Å². The number of amides is 1. The van der Waals surface area contributed by atoms with Gasteiger partial charge >= 0.3 is 0 Å². The van der Waals surface area contributed by atoms with Gasteiger partial charge in [0.05, 0.1) is 12.2 Å². The van der Waals surface area contributed by atoms with Crippen molar-refractivity contribution in [2.75, 3.05) is 32.1 Å². The van der Waals surface area contributed by atoms with Gasteiger partial charge in [-0.2, -0.15) is 0 Å². The van der Waals surface area contributed by atoms with Crippen LogP contribution in [0.25, 0.3) is 0 Å².